The van der Waals surface area contributed by atoms with Crippen molar-refractivity contribution >= 4 is 11.5 Å². The normalized spacial score (nSPS) is 24.4. The van der Waals surface area contributed by atoms with Gasteiger partial charge in [-0.15, -0.1) is 0 Å². The Morgan fingerprint density at radius 1 is 1.06 bits per heavy atom. The van der Waals surface area contributed by atoms with Crippen LogP contribution < -0.4 is 4.90 Å². The summed E-state index contributed by atoms with van der Waals surface area (Å²) in [6, 6.07) is 10.5. The van der Waals surface area contributed by atoms with Gasteiger partial charge in [-0.25, -0.2) is 4.98 Å². The van der Waals surface area contributed by atoms with Crippen LogP contribution in [-0.2, 0) is 21.3 Å². The van der Waals surface area contributed by atoms with Crippen molar-refractivity contribution in [3.05, 3.63) is 59.4 Å². The third-order valence-electron chi connectivity index (χ3n) is 6.95. The predicted molar refractivity (Wildman–Crippen MR) is 113 cm³/mol. The molecule has 170 valence electrons. The molecule has 0 bridgehead atoms. The van der Waals surface area contributed by atoms with Crippen LogP contribution in [0.15, 0.2) is 42.6 Å². The average Bonchev–Trinajstić information content (AvgIpc) is 3.32. The summed E-state index contributed by atoms with van der Waals surface area (Å²) in [5, 5.41) is 8.67. The topological polar surface area (TPSA) is 61.7 Å². The Labute approximate surface area is 184 Å². The third-order valence-corrected chi connectivity index (χ3v) is 6.95. The number of anilines is 1. The quantitative estimate of drug-likeness (QED) is 0.577. The Morgan fingerprint density at radius 3 is 2.19 bits per heavy atom. The van der Waals surface area contributed by atoms with E-state index in [1.807, 2.05) is 24.3 Å². The lowest BCUT2D eigenvalue weighted by Crippen LogP contribution is -2.48. The maximum Gasteiger partial charge on any atom is 0.433 e. The van der Waals surface area contributed by atoms with Crippen molar-refractivity contribution in [1.29, 1.82) is 5.41 Å². The minimum absolute atomic E-state index is 0.373. The van der Waals surface area contributed by atoms with E-state index >= 15 is 0 Å². The van der Waals surface area contributed by atoms with Crippen molar-refractivity contribution in [2.45, 2.75) is 11.8 Å². The van der Waals surface area contributed by atoms with Crippen LogP contribution in [0.5, 0.6) is 0 Å². The summed E-state index contributed by atoms with van der Waals surface area (Å²) in [5.74, 6) is 1.26. The molecule has 1 aromatic carbocycles. The van der Waals surface area contributed by atoms with E-state index in [4.69, 9.17) is 14.9 Å². The smallest absolute Gasteiger partial charge is 0.375 e. The molecule has 0 aliphatic carbocycles. The molecule has 5 rings (SSSR count). The minimum atomic E-state index is -4.42. The van der Waals surface area contributed by atoms with Crippen LogP contribution in [0.4, 0.5) is 18.9 Å². The highest BCUT2D eigenvalue weighted by Gasteiger charge is 2.42. The predicted octanol–water partition coefficient (Wildman–Crippen LogP) is 3.37. The molecule has 0 saturated carbocycles. The van der Waals surface area contributed by atoms with E-state index in [-0.39, 0.29) is 5.60 Å². The second-order valence-electron chi connectivity index (χ2n) is 8.85. The van der Waals surface area contributed by atoms with Crippen LogP contribution in [0.1, 0.15) is 16.8 Å². The fraction of sp³-hybridized carbons (Fsp3) is 0.478. The Balaban J connectivity index is 1.20. The molecule has 1 aromatic heterocycles. The molecule has 6 nitrogen and oxygen atoms in total. The van der Waals surface area contributed by atoms with Crippen LogP contribution in [-0.4, -0.2) is 62.2 Å². The number of nitrogens with zero attached hydrogens (tertiary/aromatic N) is 3. The van der Waals surface area contributed by atoms with Crippen molar-refractivity contribution in [3.63, 3.8) is 0 Å². The summed E-state index contributed by atoms with van der Waals surface area (Å²) in [7, 11) is 1.69. The number of ether oxygens (including phenoxy) is 2. The summed E-state index contributed by atoms with van der Waals surface area (Å²) in [6.07, 6.45) is -3.11. The Hall–Kier alpha value is -2.65. The summed E-state index contributed by atoms with van der Waals surface area (Å²) in [5.41, 5.74) is 1.40. The SMILES string of the molecule is COC1(c2ccc(C(=N)N3CC4CN(c5ccc(C(F)(F)F)nc5)CC4C3)cc2)COC1. The van der Waals surface area contributed by atoms with Crippen LogP contribution in [0.2, 0.25) is 0 Å². The number of halogens is 3. The third kappa shape index (κ3) is 3.63. The summed E-state index contributed by atoms with van der Waals surface area (Å²) >= 11 is 0. The number of methoxy groups -OCH3 is 1. The molecule has 0 spiro atoms. The second kappa shape index (κ2) is 7.74. The van der Waals surface area contributed by atoms with E-state index in [9.17, 15) is 13.2 Å². The lowest BCUT2D eigenvalue weighted by Gasteiger charge is -2.40. The van der Waals surface area contributed by atoms with Gasteiger partial charge in [-0.05, 0) is 17.7 Å². The maximum atomic E-state index is 12.7. The van der Waals surface area contributed by atoms with Crippen LogP contribution in [0, 0.1) is 17.2 Å². The first-order valence-electron chi connectivity index (χ1n) is 10.6. The van der Waals surface area contributed by atoms with Crippen LogP contribution in [0.3, 0.4) is 0 Å². The molecule has 4 heterocycles. The van der Waals surface area contributed by atoms with Crippen LogP contribution in [0.25, 0.3) is 0 Å². The number of nitrogens with one attached hydrogen (secondary N) is 1. The van der Waals surface area contributed by atoms with E-state index in [0.29, 0.717) is 30.9 Å². The summed E-state index contributed by atoms with van der Waals surface area (Å²) in [4.78, 5) is 7.79. The van der Waals surface area contributed by atoms with Crippen molar-refractivity contribution < 1.29 is 22.6 Å². The zero-order chi connectivity index (χ0) is 22.5. The number of rotatable bonds is 4. The minimum Gasteiger partial charge on any atom is -0.375 e. The Bertz CT molecular complexity index is 970. The van der Waals surface area contributed by atoms with Gasteiger partial charge in [0.1, 0.15) is 17.1 Å². The van der Waals surface area contributed by atoms with Gasteiger partial charge < -0.3 is 19.3 Å². The molecule has 2 unspecified atom stereocenters. The zero-order valence-corrected chi connectivity index (χ0v) is 17.7. The van der Waals surface area contributed by atoms with Gasteiger partial charge in [0.05, 0.1) is 25.1 Å². The molecule has 3 saturated heterocycles. The van der Waals surface area contributed by atoms with E-state index in [1.54, 1.807) is 7.11 Å². The maximum absolute atomic E-state index is 12.7. The number of benzene rings is 1. The molecule has 2 atom stereocenters. The molecule has 0 radical (unpaired) electrons. The molecule has 9 heteroatoms. The second-order valence-corrected chi connectivity index (χ2v) is 8.85. The van der Waals surface area contributed by atoms with E-state index < -0.39 is 11.9 Å². The highest BCUT2D eigenvalue weighted by molar-refractivity contribution is 5.96. The number of pyridine rings is 1. The van der Waals surface area contributed by atoms with Gasteiger partial charge in [-0.1, -0.05) is 24.3 Å². The number of hydrogen-bond donors (Lipinski definition) is 1. The molecule has 2 aromatic rings. The highest BCUT2D eigenvalue weighted by Crippen LogP contribution is 2.36. The molecule has 3 aliphatic rings. The van der Waals surface area contributed by atoms with Gasteiger partial charge in [-0.3, -0.25) is 5.41 Å². The molecule has 1 N–H and O–H groups in total. The lowest BCUT2D eigenvalue weighted by molar-refractivity contribution is -0.202. The van der Waals surface area contributed by atoms with Crippen molar-refractivity contribution in [1.82, 2.24) is 9.88 Å². The van der Waals surface area contributed by atoms with Gasteiger partial charge >= 0.3 is 6.18 Å². The highest BCUT2D eigenvalue weighted by atomic mass is 19.4. The van der Waals surface area contributed by atoms with Gasteiger partial charge in [0.25, 0.3) is 0 Å². The molecular weight excluding hydrogens is 421 g/mol. The molecular formula is C23H25F3N4O2. The molecule has 3 fully saturated rings. The number of amidine groups is 1. The van der Waals surface area contributed by atoms with Crippen molar-refractivity contribution in [2.75, 3.05) is 51.4 Å². The van der Waals surface area contributed by atoms with E-state index in [1.165, 1.54) is 12.3 Å². The number of hydrogen-bond acceptors (Lipinski definition) is 5. The average molecular weight is 446 g/mol. The number of likely N-dealkylation sites (tertiary alicyclic amines) is 1. The van der Waals surface area contributed by atoms with Crippen LogP contribution >= 0.6 is 0 Å². The Kier molecular flexibility index (Phi) is 5.13. The standard InChI is InChI=1S/C23H25F3N4O2/c1-31-22(13-32-14-22)18-4-2-15(3-5-18)21(27)30-11-16-9-29(10-17(16)12-30)19-6-7-20(28-8-19)23(24,25)26/h2-8,16-17,27H,9-14H2,1H3. The van der Waals surface area contributed by atoms with E-state index in [2.05, 4.69) is 14.8 Å². The number of fused-ring (bicyclic) bond motifs is 1. The van der Waals surface area contributed by atoms with Gasteiger partial charge in [0.2, 0.25) is 0 Å². The molecule has 32 heavy (non-hydrogen) atoms. The fourth-order valence-corrected chi connectivity index (χ4v) is 4.93. The van der Waals surface area contributed by atoms with Crippen molar-refractivity contribution in [2.24, 2.45) is 11.8 Å². The number of alkyl halides is 3. The van der Waals surface area contributed by atoms with Gasteiger partial charge in [0, 0.05) is 50.7 Å². The van der Waals surface area contributed by atoms with Gasteiger partial charge in [0.15, 0.2) is 0 Å². The molecule has 3 aliphatic heterocycles. The first-order valence-corrected chi connectivity index (χ1v) is 10.6. The fourth-order valence-electron chi connectivity index (χ4n) is 4.93. The van der Waals surface area contributed by atoms with E-state index in [0.717, 1.165) is 49.1 Å². The first-order chi connectivity index (χ1) is 15.3. The lowest BCUT2D eigenvalue weighted by atomic mass is 9.91. The summed E-state index contributed by atoms with van der Waals surface area (Å²) < 4.78 is 49.2. The molecule has 0 amide bonds. The summed E-state index contributed by atoms with van der Waals surface area (Å²) in [6.45, 7) is 4.15. The first kappa shape index (κ1) is 21.2. The van der Waals surface area contributed by atoms with Crippen molar-refractivity contribution in [3.8, 4) is 0 Å². The Morgan fingerprint density at radius 2 is 1.72 bits per heavy atom. The van der Waals surface area contributed by atoms with Gasteiger partial charge in [-0.2, -0.15) is 13.2 Å². The zero-order valence-electron chi connectivity index (χ0n) is 17.7. The largest absolute Gasteiger partial charge is 0.433 e. The number of aromatic nitrogens is 1. The monoisotopic (exact) mass is 446 g/mol.